The number of carbonyl (C=O) groups is 2. The summed E-state index contributed by atoms with van der Waals surface area (Å²) in [5.74, 6) is 0.542. The second-order valence-corrected chi connectivity index (χ2v) is 8.99. The summed E-state index contributed by atoms with van der Waals surface area (Å²) in [6.45, 7) is 8.59. The monoisotopic (exact) mass is 476 g/mol. The number of hydrogen-bond donors (Lipinski definition) is 0. The van der Waals surface area contributed by atoms with Crippen molar-refractivity contribution in [2.75, 3.05) is 13.2 Å². The fourth-order valence-corrected chi connectivity index (χ4v) is 3.25. The Labute approximate surface area is 206 Å². The number of nitrogens with zero attached hydrogens (tertiary/aromatic N) is 2. The highest BCUT2D eigenvalue weighted by Gasteiger charge is 2.22. The standard InChI is InChI=1S/C28H32N2O5/c1-5-33-26(31)23-13-16-25(29-19-23)34-24-14-11-22(12-15-24)20-30(27(32)35-28(2,3)4)18-17-21-9-7-6-8-10-21/h6-16,19H,5,17-18,20H2,1-4H3. The number of pyridine rings is 1. The molecular formula is C28H32N2O5. The van der Waals surface area contributed by atoms with E-state index in [2.05, 4.69) is 4.98 Å². The molecule has 7 nitrogen and oxygen atoms in total. The molecule has 0 aliphatic carbocycles. The molecule has 184 valence electrons. The predicted octanol–water partition coefficient (Wildman–Crippen LogP) is 6.03. The van der Waals surface area contributed by atoms with Gasteiger partial charge in [-0.2, -0.15) is 0 Å². The Kier molecular flexibility index (Phi) is 8.84. The van der Waals surface area contributed by atoms with Crippen LogP contribution in [-0.2, 0) is 22.4 Å². The summed E-state index contributed by atoms with van der Waals surface area (Å²) in [7, 11) is 0. The van der Waals surface area contributed by atoms with Crippen LogP contribution in [0, 0.1) is 0 Å². The molecule has 0 N–H and O–H groups in total. The Bertz CT molecular complexity index is 1090. The van der Waals surface area contributed by atoms with Gasteiger partial charge in [-0.15, -0.1) is 0 Å². The van der Waals surface area contributed by atoms with Crippen molar-refractivity contribution in [3.63, 3.8) is 0 Å². The highest BCUT2D eigenvalue weighted by Crippen LogP contribution is 2.21. The first kappa shape index (κ1) is 25.7. The summed E-state index contributed by atoms with van der Waals surface area (Å²) in [5.41, 5.74) is 1.90. The highest BCUT2D eigenvalue weighted by molar-refractivity contribution is 5.89. The molecule has 0 unspecified atom stereocenters. The fourth-order valence-electron chi connectivity index (χ4n) is 3.25. The van der Waals surface area contributed by atoms with Crippen LogP contribution in [0.2, 0.25) is 0 Å². The van der Waals surface area contributed by atoms with E-state index in [0.717, 1.165) is 17.5 Å². The van der Waals surface area contributed by atoms with Crippen LogP contribution < -0.4 is 4.74 Å². The average Bonchev–Trinajstić information content (AvgIpc) is 2.83. The molecule has 35 heavy (non-hydrogen) atoms. The molecule has 3 aromatic rings. The van der Waals surface area contributed by atoms with Crippen molar-refractivity contribution < 1.29 is 23.8 Å². The zero-order valence-electron chi connectivity index (χ0n) is 20.7. The Balaban J connectivity index is 1.64. The maximum absolute atomic E-state index is 12.8. The predicted molar refractivity (Wildman–Crippen MR) is 133 cm³/mol. The summed E-state index contributed by atoms with van der Waals surface area (Å²) in [6, 6.07) is 20.7. The van der Waals surface area contributed by atoms with Gasteiger partial charge in [0.25, 0.3) is 0 Å². The van der Waals surface area contributed by atoms with Gasteiger partial charge >= 0.3 is 12.1 Å². The van der Waals surface area contributed by atoms with Crippen LogP contribution >= 0.6 is 0 Å². The van der Waals surface area contributed by atoms with E-state index in [1.807, 2.05) is 75.4 Å². The van der Waals surface area contributed by atoms with Crippen LogP contribution in [0.3, 0.4) is 0 Å². The first-order chi connectivity index (χ1) is 16.7. The van der Waals surface area contributed by atoms with Crippen LogP contribution in [0.25, 0.3) is 0 Å². The summed E-state index contributed by atoms with van der Waals surface area (Å²) in [5, 5.41) is 0. The van der Waals surface area contributed by atoms with Crippen molar-refractivity contribution in [3.05, 3.63) is 89.6 Å². The molecule has 0 saturated heterocycles. The van der Waals surface area contributed by atoms with E-state index in [-0.39, 0.29) is 6.09 Å². The normalized spacial score (nSPS) is 11.0. The van der Waals surface area contributed by atoms with Gasteiger partial charge in [0.05, 0.1) is 12.2 Å². The molecule has 1 amide bonds. The lowest BCUT2D eigenvalue weighted by Gasteiger charge is -2.27. The zero-order valence-corrected chi connectivity index (χ0v) is 20.7. The quantitative estimate of drug-likeness (QED) is 0.351. The number of esters is 1. The molecule has 0 aliphatic heterocycles. The van der Waals surface area contributed by atoms with E-state index >= 15 is 0 Å². The molecule has 0 aliphatic rings. The van der Waals surface area contributed by atoms with Crippen molar-refractivity contribution in [2.24, 2.45) is 0 Å². The van der Waals surface area contributed by atoms with Crippen LogP contribution in [0.4, 0.5) is 4.79 Å². The molecule has 0 saturated carbocycles. The van der Waals surface area contributed by atoms with Gasteiger partial charge < -0.3 is 19.1 Å². The number of rotatable bonds is 9. The minimum absolute atomic E-state index is 0.307. The molecule has 7 heteroatoms. The third kappa shape index (κ3) is 8.45. The number of ether oxygens (including phenoxy) is 3. The Hall–Kier alpha value is -3.87. The zero-order chi connectivity index (χ0) is 25.3. The van der Waals surface area contributed by atoms with E-state index < -0.39 is 11.6 Å². The van der Waals surface area contributed by atoms with Gasteiger partial charge in [0.1, 0.15) is 11.4 Å². The van der Waals surface area contributed by atoms with Crippen LogP contribution in [0.5, 0.6) is 11.6 Å². The van der Waals surface area contributed by atoms with Crippen molar-refractivity contribution in [2.45, 2.75) is 46.3 Å². The highest BCUT2D eigenvalue weighted by atomic mass is 16.6. The molecule has 0 spiro atoms. The third-order valence-corrected chi connectivity index (χ3v) is 4.93. The number of benzene rings is 2. The third-order valence-electron chi connectivity index (χ3n) is 4.93. The summed E-state index contributed by atoms with van der Waals surface area (Å²) >= 11 is 0. The maximum Gasteiger partial charge on any atom is 0.410 e. The SMILES string of the molecule is CCOC(=O)c1ccc(Oc2ccc(CN(CCc3ccccc3)C(=O)OC(C)(C)C)cc2)nc1. The van der Waals surface area contributed by atoms with E-state index in [1.165, 1.54) is 6.20 Å². The van der Waals surface area contributed by atoms with Gasteiger partial charge in [0.2, 0.25) is 5.88 Å². The van der Waals surface area contributed by atoms with E-state index in [9.17, 15) is 9.59 Å². The van der Waals surface area contributed by atoms with Gasteiger partial charge in [0.15, 0.2) is 0 Å². The van der Waals surface area contributed by atoms with E-state index in [0.29, 0.717) is 36.9 Å². The lowest BCUT2D eigenvalue weighted by Crippen LogP contribution is -2.37. The minimum atomic E-state index is -0.574. The van der Waals surface area contributed by atoms with E-state index in [4.69, 9.17) is 14.2 Å². The lowest BCUT2D eigenvalue weighted by atomic mass is 10.1. The number of amides is 1. The molecule has 1 aromatic heterocycles. The van der Waals surface area contributed by atoms with Gasteiger partial charge in [-0.25, -0.2) is 14.6 Å². The van der Waals surface area contributed by atoms with Gasteiger partial charge in [-0.1, -0.05) is 42.5 Å². The first-order valence-corrected chi connectivity index (χ1v) is 11.7. The summed E-state index contributed by atoms with van der Waals surface area (Å²) < 4.78 is 16.4. The molecule has 2 aromatic carbocycles. The van der Waals surface area contributed by atoms with Crippen LogP contribution in [0.1, 0.15) is 49.2 Å². The number of hydrogen-bond acceptors (Lipinski definition) is 6. The Morgan fingerprint density at radius 2 is 1.63 bits per heavy atom. The van der Waals surface area contributed by atoms with Gasteiger partial charge in [0, 0.05) is 25.4 Å². The van der Waals surface area contributed by atoms with Crippen molar-refractivity contribution in [1.29, 1.82) is 0 Å². The molecule has 3 rings (SSSR count). The smallest absolute Gasteiger partial charge is 0.410 e. The Morgan fingerprint density at radius 1 is 0.914 bits per heavy atom. The van der Waals surface area contributed by atoms with Crippen LogP contribution in [0.15, 0.2) is 72.9 Å². The van der Waals surface area contributed by atoms with Crippen molar-refractivity contribution in [1.82, 2.24) is 9.88 Å². The van der Waals surface area contributed by atoms with E-state index in [1.54, 1.807) is 24.0 Å². The summed E-state index contributed by atoms with van der Waals surface area (Å²) in [4.78, 5) is 30.5. The maximum atomic E-state index is 12.8. The van der Waals surface area contributed by atoms with Gasteiger partial charge in [-0.05, 0) is 63.4 Å². The van der Waals surface area contributed by atoms with Gasteiger partial charge in [-0.3, -0.25) is 0 Å². The van der Waals surface area contributed by atoms with Crippen LogP contribution in [-0.4, -0.2) is 40.7 Å². The largest absolute Gasteiger partial charge is 0.462 e. The molecular weight excluding hydrogens is 444 g/mol. The average molecular weight is 477 g/mol. The number of aromatic nitrogens is 1. The lowest BCUT2D eigenvalue weighted by molar-refractivity contribution is 0.0235. The molecule has 1 heterocycles. The molecule has 0 radical (unpaired) electrons. The molecule has 0 atom stereocenters. The second-order valence-electron chi connectivity index (χ2n) is 8.99. The second kappa shape index (κ2) is 12.0. The summed E-state index contributed by atoms with van der Waals surface area (Å²) in [6.07, 6.45) is 1.81. The van der Waals surface area contributed by atoms with Crippen molar-refractivity contribution >= 4 is 12.1 Å². The molecule has 0 bridgehead atoms. The first-order valence-electron chi connectivity index (χ1n) is 11.7. The number of carbonyl (C=O) groups excluding carboxylic acids is 2. The Morgan fingerprint density at radius 3 is 2.23 bits per heavy atom. The fraction of sp³-hybridized carbons (Fsp3) is 0.321. The van der Waals surface area contributed by atoms with Crippen molar-refractivity contribution in [3.8, 4) is 11.6 Å². The molecule has 0 fully saturated rings. The minimum Gasteiger partial charge on any atom is -0.462 e. The topological polar surface area (TPSA) is 78.0 Å².